The standard InChI is InChI=1S/C15H17NO/c1-15(2,3)11-7-8-14(17)12(10-11)13-6-4-5-9-16-13/h4-10,17H,1-3H3. The van der Waals surface area contributed by atoms with Gasteiger partial charge in [0.25, 0.3) is 0 Å². The van der Waals surface area contributed by atoms with E-state index in [2.05, 4.69) is 25.8 Å². The summed E-state index contributed by atoms with van der Waals surface area (Å²) in [5.41, 5.74) is 2.85. The maximum absolute atomic E-state index is 9.91. The van der Waals surface area contributed by atoms with Gasteiger partial charge in [-0.1, -0.05) is 32.9 Å². The summed E-state index contributed by atoms with van der Waals surface area (Å²) in [6.07, 6.45) is 1.73. The van der Waals surface area contributed by atoms with Crippen LogP contribution >= 0.6 is 0 Å². The molecule has 1 heterocycles. The number of aromatic hydroxyl groups is 1. The van der Waals surface area contributed by atoms with Crippen LogP contribution in [0.2, 0.25) is 0 Å². The van der Waals surface area contributed by atoms with Gasteiger partial charge in [0, 0.05) is 11.8 Å². The summed E-state index contributed by atoms with van der Waals surface area (Å²) in [5.74, 6) is 0.275. The lowest BCUT2D eigenvalue weighted by Gasteiger charge is -2.20. The number of pyridine rings is 1. The normalized spacial score (nSPS) is 11.5. The average molecular weight is 227 g/mol. The zero-order valence-electron chi connectivity index (χ0n) is 10.4. The minimum absolute atomic E-state index is 0.0667. The van der Waals surface area contributed by atoms with E-state index in [0.29, 0.717) is 0 Å². The predicted molar refractivity (Wildman–Crippen MR) is 70.0 cm³/mol. The summed E-state index contributed by atoms with van der Waals surface area (Å²) in [5, 5.41) is 9.91. The van der Waals surface area contributed by atoms with Crippen LogP contribution in [0.4, 0.5) is 0 Å². The molecule has 0 atom stereocenters. The van der Waals surface area contributed by atoms with Gasteiger partial charge in [0.05, 0.1) is 5.69 Å². The van der Waals surface area contributed by atoms with Crippen LogP contribution in [0.15, 0.2) is 42.6 Å². The first-order valence-corrected chi connectivity index (χ1v) is 5.73. The van der Waals surface area contributed by atoms with Crippen molar-refractivity contribution in [1.29, 1.82) is 0 Å². The third-order valence-electron chi connectivity index (χ3n) is 2.80. The molecule has 1 aromatic carbocycles. The van der Waals surface area contributed by atoms with Gasteiger partial charge < -0.3 is 5.11 Å². The molecule has 2 rings (SSSR count). The molecule has 0 aliphatic heterocycles. The lowest BCUT2D eigenvalue weighted by atomic mass is 9.85. The minimum atomic E-state index is 0.0667. The minimum Gasteiger partial charge on any atom is -0.507 e. The van der Waals surface area contributed by atoms with Crippen molar-refractivity contribution in [2.45, 2.75) is 26.2 Å². The molecule has 0 spiro atoms. The number of phenols is 1. The van der Waals surface area contributed by atoms with Gasteiger partial charge >= 0.3 is 0 Å². The first kappa shape index (κ1) is 11.6. The highest BCUT2D eigenvalue weighted by Crippen LogP contribution is 2.32. The predicted octanol–water partition coefficient (Wildman–Crippen LogP) is 3.75. The van der Waals surface area contributed by atoms with Crippen LogP contribution in [0.25, 0.3) is 11.3 Å². The largest absolute Gasteiger partial charge is 0.507 e. The fourth-order valence-corrected chi connectivity index (χ4v) is 1.73. The van der Waals surface area contributed by atoms with Crippen LogP contribution in [-0.4, -0.2) is 10.1 Å². The molecule has 0 saturated heterocycles. The first-order valence-electron chi connectivity index (χ1n) is 5.73. The summed E-state index contributed by atoms with van der Waals surface area (Å²) in [6, 6.07) is 11.4. The van der Waals surface area contributed by atoms with E-state index in [1.165, 1.54) is 5.56 Å². The van der Waals surface area contributed by atoms with E-state index >= 15 is 0 Å². The Balaban J connectivity index is 2.55. The van der Waals surface area contributed by atoms with Crippen molar-refractivity contribution in [2.24, 2.45) is 0 Å². The molecule has 0 bridgehead atoms. The second kappa shape index (κ2) is 4.21. The number of rotatable bonds is 1. The molecule has 2 nitrogen and oxygen atoms in total. The Morgan fingerprint density at radius 2 is 1.82 bits per heavy atom. The van der Waals surface area contributed by atoms with Crippen molar-refractivity contribution in [3.05, 3.63) is 48.2 Å². The van der Waals surface area contributed by atoms with Crippen LogP contribution in [0.5, 0.6) is 5.75 Å². The van der Waals surface area contributed by atoms with Crippen molar-refractivity contribution in [3.63, 3.8) is 0 Å². The van der Waals surface area contributed by atoms with Crippen LogP contribution in [0, 0.1) is 0 Å². The van der Waals surface area contributed by atoms with Gasteiger partial charge in [-0.3, -0.25) is 4.98 Å². The molecule has 0 amide bonds. The van der Waals surface area contributed by atoms with Crippen molar-refractivity contribution < 1.29 is 5.11 Å². The summed E-state index contributed by atoms with van der Waals surface area (Å²) in [4.78, 5) is 4.27. The quantitative estimate of drug-likeness (QED) is 0.804. The van der Waals surface area contributed by atoms with Crippen LogP contribution in [0.1, 0.15) is 26.3 Å². The highest BCUT2D eigenvalue weighted by atomic mass is 16.3. The lowest BCUT2D eigenvalue weighted by molar-refractivity contribution is 0.476. The molecule has 88 valence electrons. The number of benzene rings is 1. The highest BCUT2D eigenvalue weighted by molar-refractivity contribution is 5.67. The zero-order chi connectivity index (χ0) is 12.5. The van der Waals surface area contributed by atoms with Crippen LogP contribution < -0.4 is 0 Å². The molecule has 0 radical (unpaired) electrons. The maximum atomic E-state index is 9.91. The number of aromatic nitrogens is 1. The van der Waals surface area contributed by atoms with E-state index in [1.54, 1.807) is 12.3 Å². The topological polar surface area (TPSA) is 33.1 Å². The van der Waals surface area contributed by atoms with Gasteiger partial charge in [0.15, 0.2) is 0 Å². The fraction of sp³-hybridized carbons (Fsp3) is 0.267. The van der Waals surface area contributed by atoms with Crippen molar-refractivity contribution in [2.75, 3.05) is 0 Å². The summed E-state index contributed by atoms with van der Waals surface area (Å²) in [7, 11) is 0. The summed E-state index contributed by atoms with van der Waals surface area (Å²) in [6.45, 7) is 6.46. The second-order valence-corrected chi connectivity index (χ2v) is 5.20. The fourth-order valence-electron chi connectivity index (χ4n) is 1.73. The van der Waals surface area contributed by atoms with E-state index in [4.69, 9.17) is 0 Å². The first-order chi connectivity index (χ1) is 7.98. The van der Waals surface area contributed by atoms with Gasteiger partial charge in [-0.15, -0.1) is 0 Å². The molecule has 17 heavy (non-hydrogen) atoms. The Morgan fingerprint density at radius 3 is 2.41 bits per heavy atom. The van der Waals surface area contributed by atoms with Gasteiger partial charge in [-0.2, -0.15) is 0 Å². The van der Waals surface area contributed by atoms with Crippen LogP contribution in [0.3, 0.4) is 0 Å². The van der Waals surface area contributed by atoms with Crippen LogP contribution in [-0.2, 0) is 5.41 Å². The maximum Gasteiger partial charge on any atom is 0.124 e. The number of nitrogens with zero attached hydrogens (tertiary/aromatic N) is 1. The third kappa shape index (κ3) is 2.47. The number of hydrogen-bond donors (Lipinski definition) is 1. The van der Waals surface area contributed by atoms with Crippen molar-refractivity contribution in [1.82, 2.24) is 4.98 Å². The molecule has 0 saturated carbocycles. The van der Waals surface area contributed by atoms with E-state index in [-0.39, 0.29) is 11.2 Å². The van der Waals surface area contributed by atoms with E-state index < -0.39 is 0 Å². The molecule has 0 aliphatic rings. The molecule has 0 unspecified atom stereocenters. The average Bonchev–Trinajstić information content (AvgIpc) is 2.29. The molecule has 2 heteroatoms. The molecule has 1 aromatic heterocycles. The zero-order valence-corrected chi connectivity index (χ0v) is 10.4. The molecule has 0 fully saturated rings. The third-order valence-corrected chi connectivity index (χ3v) is 2.80. The van der Waals surface area contributed by atoms with Crippen molar-refractivity contribution in [3.8, 4) is 17.0 Å². The van der Waals surface area contributed by atoms with Gasteiger partial charge in [0.1, 0.15) is 5.75 Å². The molecular formula is C15H17NO. The van der Waals surface area contributed by atoms with E-state index in [9.17, 15) is 5.11 Å². The van der Waals surface area contributed by atoms with E-state index in [1.807, 2.05) is 30.3 Å². The van der Waals surface area contributed by atoms with Crippen molar-refractivity contribution >= 4 is 0 Å². The Labute approximate surface area is 102 Å². The summed E-state index contributed by atoms with van der Waals surface area (Å²) >= 11 is 0. The van der Waals surface area contributed by atoms with E-state index in [0.717, 1.165) is 11.3 Å². The SMILES string of the molecule is CC(C)(C)c1ccc(O)c(-c2ccccn2)c1. The summed E-state index contributed by atoms with van der Waals surface area (Å²) < 4.78 is 0. The molecule has 1 N–H and O–H groups in total. The van der Waals surface area contributed by atoms with Gasteiger partial charge in [-0.25, -0.2) is 0 Å². The number of hydrogen-bond acceptors (Lipinski definition) is 2. The number of phenolic OH excluding ortho intramolecular Hbond substituents is 1. The Morgan fingerprint density at radius 1 is 1.06 bits per heavy atom. The Kier molecular flexibility index (Phi) is 2.88. The lowest BCUT2D eigenvalue weighted by Crippen LogP contribution is -2.10. The second-order valence-electron chi connectivity index (χ2n) is 5.20. The molecule has 2 aromatic rings. The Hall–Kier alpha value is -1.83. The highest BCUT2D eigenvalue weighted by Gasteiger charge is 2.16. The monoisotopic (exact) mass is 227 g/mol. The smallest absolute Gasteiger partial charge is 0.124 e. The Bertz CT molecular complexity index is 512. The molecular weight excluding hydrogens is 210 g/mol. The van der Waals surface area contributed by atoms with Gasteiger partial charge in [0.2, 0.25) is 0 Å². The molecule has 0 aliphatic carbocycles. The van der Waals surface area contributed by atoms with Gasteiger partial charge in [-0.05, 0) is 35.2 Å².